The Bertz CT molecular complexity index is 637. The van der Waals surface area contributed by atoms with Crippen molar-refractivity contribution in [1.29, 1.82) is 0 Å². The van der Waals surface area contributed by atoms with Crippen molar-refractivity contribution in [1.82, 2.24) is 14.7 Å². The molecule has 0 N–H and O–H groups in total. The molecule has 2 aliphatic rings. The summed E-state index contributed by atoms with van der Waals surface area (Å²) in [4.78, 5) is 31.7. The molecule has 3 rings (SSSR count). The van der Waals surface area contributed by atoms with Gasteiger partial charge in [-0.2, -0.15) is 0 Å². The molecule has 0 atom stereocenters. The zero-order valence-electron chi connectivity index (χ0n) is 17.0. The maximum atomic E-state index is 12.9. The van der Waals surface area contributed by atoms with Crippen LogP contribution in [0, 0.1) is 11.3 Å². The molecule has 1 aromatic rings. The van der Waals surface area contributed by atoms with Crippen LogP contribution >= 0.6 is 0 Å². The first-order valence-electron chi connectivity index (χ1n) is 10.2. The second-order valence-electron chi connectivity index (χ2n) is 8.90. The van der Waals surface area contributed by atoms with Gasteiger partial charge in [-0.1, -0.05) is 51.1 Å². The molecule has 0 radical (unpaired) electrons. The average Bonchev–Trinajstić information content (AvgIpc) is 2.68. The Morgan fingerprint density at radius 2 is 1.48 bits per heavy atom. The minimum absolute atomic E-state index is 0.0784. The van der Waals surface area contributed by atoms with Crippen LogP contribution < -0.4 is 0 Å². The normalized spacial score (nSPS) is 20.0. The van der Waals surface area contributed by atoms with Crippen LogP contribution in [0.2, 0.25) is 0 Å². The number of rotatable bonds is 3. The summed E-state index contributed by atoms with van der Waals surface area (Å²) in [5.74, 6) is 0.565. The lowest BCUT2D eigenvalue weighted by Crippen LogP contribution is -2.52. The van der Waals surface area contributed by atoms with Crippen LogP contribution in [-0.2, 0) is 16.1 Å². The monoisotopic (exact) mass is 371 g/mol. The van der Waals surface area contributed by atoms with E-state index < -0.39 is 0 Å². The third kappa shape index (κ3) is 5.10. The summed E-state index contributed by atoms with van der Waals surface area (Å²) in [5, 5.41) is 0. The minimum Gasteiger partial charge on any atom is -0.342 e. The Hall–Kier alpha value is -1.88. The van der Waals surface area contributed by atoms with Gasteiger partial charge in [0.2, 0.25) is 11.8 Å². The highest BCUT2D eigenvalue weighted by Crippen LogP contribution is 2.25. The zero-order chi connectivity index (χ0) is 19.4. The van der Waals surface area contributed by atoms with Crippen molar-refractivity contribution in [2.45, 2.75) is 40.2 Å². The number of hydrogen-bond acceptors (Lipinski definition) is 3. The number of carbonyl (C=O) groups is 2. The van der Waals surface area contributed by atoms with E-state index in [9.17, 15) is 9.59 Å². The number of piperidine rings is 1. The molecule has 0 aromatic heterocycles. The van der Waals surface area contributed by atoms with Crippen LogP contribution in [0.3, 0.4) is 0 Å². The summed E-state index contributed by atoms with van der Waals surface area (Å²) >= 11 is 0. The Labute approximate surface area is 163 Å². The van der Waals surface area contributed by atoms with E-state index in [0.29, 0.717) is 13.1 Å². The zero-order valence-corrected chi connectivity index (χ0v) is 17.0. The topological polar surface area (TPSA) is 43.9 Å². The van der Waals surface area contributed by atoms with E-state index in [2.05, 4.69) is 29.2 Å². The number of amides is 2. The van der Waals surface area contributed by atoms with E-state index in [4.69, 9.17) is 0 Å². The van der Waals surface area contributed by atoms with E-state index in [-0.39, 0.29) is 23.1 Å². The average molecular weight is 372 g/mol. The SMILES string of the molecule is CC(C)(C)C(=O)N1CCC(C(=O)N2CCN(Cc3ccccc3)CC2)CC1. The number of benzene rings is 1. The number of carbonyl (C=O) groups excluding carboxylic acids is 2. The highest BCUT2D eigenvalue weighted by molar-refractivity contribution is 5.82. The first kappa shape index (κ1) is 19.9. The molecule has 5 nitrogen and oxygen atoms in total. The van der Waals surface area contributed by atoms with Gasteiger partial charge in [-0.3, -0.25) is 14.5 Å². The molecule has 148 valence electrons. The number of piperazine rings is 1. The van der Waals surface area contributed by atoms with E-state index in [1.165, 1.54) is 5.56 Å². The van der Waals surface area contributed by atoms with Crippen LogP contribution in [-0.4, -0.2) is 65.8 Å². The van der Waals surface area contributed by atoms with Crippen molar-refractivity contribution in [3.8, 4) is 0 Å². The molecule has 0 bridgehead atoms. The van der Waals surface area contributed by atoms with E-state index in [0.717, 1.165) is 45.6 Å². The van der Waals surface area contributed by atoms with Crippen LogP contribution in [0.1, 0.15) is 39.2 Å². The largest absolute Gasteiger partial charge is 0.342 e. The molecule has 27 heavy (non-hydrogen) atoms. The molecule has 2 heterocycles. The molecule has 0 aliphatic carbocycles. The van der Waals surface area contributed by atoms with Gasteiger partial charge in [-0.05, 0) is 18.4 Å². The molecule has 0 spiro atoms. The minimum atomic E-state index is -0.341. The first-order valence-corrected chi connectivity index (χ1v) is 10.2. The molecule has 0 saturated carbocycles. The molecule has 1 aromatic carbocycles. The van der Waals surface area contributed by atoms with Crippen molar-refractivity contribution in [2.75, 3.05) is 39.3 Å². The molecule has 5 heteroatoms. The summed E-state index contributed by atoms with van der Waals surface area (Å²) in [6.45, 7) is 11.7. The van der Waals surface area contributed by atoms with Crippen LogP contribution in [0.25, 0.3) is 0 Å². The van der Waals surface area contributed by atoms with Gasteiger partial charge < -0.3 is 9.80 Å². The van der Waals surface area contributed by atoms with Crippen LogP contribution in [0.5, 0.6) is 0 Å². The van der Waals surface area contributed by atoms with Gasteiger partial charge in [0.05, 0.1) is 0 Å². The van der Waals surface area contributed by atoms with Crippen molar-refractivity contribution >= 4 is 11.8 Å². The van der Waals surface area contributed by atoms with Gasteiger partial charge in [-0.25, -0.2) is 0 Å². The first-order chi connectivity index (χ1) is 12.8. The van der Waals surface area contributed by atoms with Gasteiger partial charge >= 0.3 is 0 Å². The number of hydrogen-bond donors (Lipinski definition) is 0. The second-order valence-corrected chi connectivity index (χ2v) is 8.90. The van der Waals surface area contributed by atoms with Gasteiger partial charge in [0, 0.05) is 57.1 Å². The smallest absolute Gasteiger partial charge is 0.227 e. The van der Waals surface area contributed by atoms with Crippen molar-refractivity contribution in [3.63, 3.8) is 0 Å². The fraction of sp³-hybridized carbons (Fsp3) is 0.636. The summed E-state index contributed by atoms with van der Waals surface area (Å²) in [5.41, 5.74) is 0.986. The highest BCUT2D eigenvalue weighted by Gasteiger charge is 2.34. The van der Waals surface area contributed by atoms with Crippen molar-refractivity contribution in [3.05, 3.63) is 35.9 Å². The summed E-state index contributed by atoms with van der Waals surface area (Å²) in [6, 6.07) is 10.5. The van der Waals surface area contributed by atoms with Crippen LogP contribution in [0.4, 0.5) is 0 Å². The fourth-order valence-electron chi connectivity index (χ4n) is 4.03. The Kier molecular flexibility index (Phi) is 6.20. The highest BCUT2D eigenvalue weighted by atomic mass is 16.2. The lowest BCUT2D eigenvalue weighted by Gasteiger charge is -2.39. The molecule has 2 amide bonds. The van der Waals surface area contributed by atoms with E-state index in [1.807, 2.05) is 36.6 Å². The van der Waals surface area contributed by atoms with Gasteiger partial charge in [0.1, 0.15) is 0 Å². The van der Waals surface area contributed by atoms with Crippen LogP contribution in [0.15, 0.2) is 30.3 Å². The molecule has 2 saturated heterocycles. The predicted molar refractivity (Wildman–Crippen MR) is 107 cm³/mol. The van der Waals surface area contributed by atoms with Gasteiger partial charge in [0.25, 0.3) is 0 Å². The molecular weight excluding hydrogens is 338 g/mol. The quantitative estimate of drug-likeness (QED) is 0.820. The third-order valence-electron chi connectivity index (χ3n) is 5.71. The fourth-order valence-corrected chi connectivity index (χ4v) is 4.03. The standard InChI is InChI=1S/C22H33N3O2/c1-22(2,3)21(27)25-11-9-19(10-12-25)20(26)24-15-13-23(14-16-24)17-18-7-5-4-6-8-18/h4-8,19H,9-17H2,1-3H3. The molecule has 2 aliphatic heterocycles. The maximum Gasteiger partial charge on any atom is 0.227 e. The van der Waals surface area contributed by atoms with Gasteiger partial charge in [0.15, 0.2) is 0 Å². The van der Waals surface area contributed by atoms with Gasteiger partial charge in [-0.15, -0.1) is 0 Å². The third-order valence-corrected chi connectivity index (χ3v) is 5.71. The lowest BCUT2D eigenvalue weighted by atomic mass is 9.90. The number of likely N-dealkylation sites (tertiary alicyclic amines) is 1. The molecular formula is C22H33N3O2. The van der Waals surface area contributed by atoms with E-state index in [1.54, 1.807) is 0 Å². The second kappa shape index (κ2) is 8.42. The van der Waals surface area contributed by atoms with Crippen molar-refractivity contribution in [2.24, 2.45) is 11.3 Å². The molecule has 0 unspecified atom stereocenters. The van der Waals surface area contributed by atoms with E-state index >= 15 is 0 Å². The summed E-state index contributed by atoms with van der Waals surface area (Å²) in [6.07, 6.45) is 1.59. The Morgan fingerprint density at radius 3 is 2.04 bits per heavy atom. The Balaban J connectivity index is 1.44. The summed E-state index contributed by atoms with van der Waals surface area (Å²) < 4.78 is 0. The maximum absolute atomic E-state index is 12.9. The van der Waals surface area contributed by atoms with Crippen molar-refractivity contribution < 1.29 is 9.59 Å². The Morgan fingerprint density at radius 1 is 0.889 bits per heavy atom. The lowest BCUT2D eigenvalue weighted by molar-refractivity contribution is -0.145. The molecule has 2 fully saturated rings. The predicted octanol–water partition coefficient (Wildman–Crippen LogP) is 2.62. The number of nitrogens with zero attached hydrogens (tertiary/aromatic N) is 3. The summed E-state index contributed by atoms with van der Waals surface area (Å²) in [7, 11) is 0.